The molecule has 0 atom stereocenters. The molecular formula is C30H33N5O2. The lowest BCUT2D eigenvalue weighted by molar-refractivity contribution is 0.0453. The molecule has 4 aromatic rings. The number of nitrogens with two attached hydrogens (primary N) is 1. The van der Waals surface area contributed by atoms with Crippen LogP contribution >= 0.6 is 0 Å². The van der Waals surface area contributed by atoms with E-state index in [4.69, 9.17) is 15.6 Å². The summed E-state index contributed by atoms with van der Waals surface area (Å²) in [5, 5.41) is 4.05. The van der Waals surface area contributed by atoms with Gasteiger partial charge in [-0.2, -0.15) is 0 Å². The monoisotopic (exact) mass is 495 g/mol. The highest BCUT2D eigenvalue weighted by atomic mass is 16.6. The summed E-state index contributed by atoms with van der Waals surface area (Å²) in [4.78, 5) is 22.1. The van der Waals surface area contributed by atoms with Gasteiger partial charge in [0.05, 0.1) is 16.7 Å². The van der Waals surface area contributed by atoms with Crippen LogP contribution in [0.3, 0.4) is 0 Å². The Morgan fingerprint density at radius 1 is 0.973 bits per heavy atom. The maximum Gasteiger partial charge on any atom is 0.408 e. The van der Waals surface area contributed by atoms with Gasteiger partial charge in [-0.1, -0.05) is 67.4 Å². The van der Waals surface area contributed by atoms with Crippen LogP contribution in [-0.4, -0.2) is 21.7 Å². The highest BCUT2D eigenvalue weighted by Gasteiger charge is 2.38. The molecule has 0 aliphatic heterocycles. The number of hydrazine groups is 1. The molecule has 0 radical (unpaired) electrons. The van der Waals surface area contributed by atoms with Crippen LogP contribution < -0.4 is 16.6 Å². The number of anilines is 1. The molecule has 1 amide bonds. The van der Waals surface area contributed by atoms with Crippen molar-refractivity contribution >= 4 is 22.8 Å². The van der Waals surface area contributed by atoms with Gasteiger partial charge in [-0.05, 0) is 56.9 Å². The lowest BCUT2D eigenvalue weighted by Gasteiger charge is -2.32. The molecule has 1 aliphatic carbocycles. The highest BCUT2D eigenvalue weighted by Crippen LogP contribution is 2.41. The predicted octanol–water partition coefficient (Wildman–Crippen LogP) is 6.54. The summed E-state index contributed by atoms with van der Waals surface area (Å²) in [6, 6.07) is 22.6. The average molecular weight is 496 g/mol. The molecule has 190 valence electrons. The van der Waals surface area contributed by atoms with Crippen molar-refractivity contribution < 1.29 is 9.53 Å². The van der Waals surface area contributed by atoms with Gasteiger partial charge in [0, 0.05) is 22.7 Å². The molecule has 0 bridgehead atoms. The van der Waals surface area contributed by atoms with Crippen molar-refractivity contribution in [2.24, 2.45) is 5.84 Å². The minimum absolute atomic E-state index is 0.376. The third-order valence-electron chi connectivity index (χ3n) is 6.87. The number of nitrogens with zero attached hydrogens (tertiary/aromatic N) is 2. The van der Waals surface area contributed by atoms with E-state index in [9.17, 15) is 4.79 Å². The smallest absolute Gasteiger partial charge is 0.408 e. The number of nitrogen functional groups attached to an aromatic ring is 1. The summed E-state index contributed by atoms with van der Waals surface area (Å²) in [5.74, 6) is 6.32. The summed E-state index contributed by atoms with van der Waals surface area (Å²) in [6.45, 7) is 5.64. The molecule has 7 heteroatoms. The fraction of sp³-hybridized carbons (Fsp3) is 0.300. The molecular weight excluding hydrogens is 462 g/mol. The van der Waals surface area contributed by atoms with E-state index >= 15 is 0 Å². The van der Waals surface area contributed by atoms with E-state index in [0.717, 1.165) is 64.5 Å². The van der Waals surface area contributed by atoms with Crippen LogP contribution in [-0.2, 0) is 10.3 Å². The summed E-state index contributed by atoms with van der Waals surface area (Å²) in [6.07, 6.45) is 5.22. The number of nitrogens with one attached hydrogen (secondary N) is 2. The summed E-state index contributed by atoms with van der Waals surface area (Å²) >= 11 is 0. The van der Waals surface area contributed by atoms with E-state index in [0.29, 0.717) is 5.82 Å². The molecule has 2 heterocycles. The van der Waals surface area contributed by atoms with Crippen molar-refractivity contribution in [1.29, 1.82) is 0 Å². The largest absolute Gasteiger partial charge is 0.444 e. The van der Waals surface area contributed by atoms with Crippen LogP contribution in [0.4, 0.5) is 10.6 Å². The van der Waals surface area contributed by atoms with Crippen molar-refractivity contribution in [3.05, 3.63) is 78.5 Å². The zero-order valence-electron chi connectivity index (χ0n) is 21.5. The first kappa shape index (κ1) is 24.7. The zero-order valence-corrected chi connectivity index (χ0v) is 21.5. The van der Waals surface area contributed by atoms with E-state index in [1.54, 1.807) is 6.20 Å². The van der Waals surface area contributed by atoms with Crippen LogP contribution in [0.2, 0.25) is 0 Å². The van der Waals surface area contributed by atoms with Crippen molar-refractivity contribution in [2.75, 3.05) is 5.43 Å². The number of fused-ring (bicyclic) bond motifs is 1. The zero-order chi connectivity index (χ0) is 26.0. The number of rotatable bonds is 5. The molecule has 4 N–H and O–H groups in total. The Morgan fingerprint density at radius 2 is 1.68 bits per heavy atom. The van der Waals surface area contributed by atoms with Crippen LogP contribution in [0, 0.1) is 0 Å². The minimum atomic E-state index is -0.544. The molecule has 1 aliphatic rings. The second-order valence-corrected chi connectivity index (χ2v) is 10.6. The Bertz CT molecular complexity index is 1410. The number of aromatic nitrogens is 2. The Hall–Kier alpha value is -3.97. The Kier molecular flexibility index (Phi) is 6.56. The second-order valence-electron chi connectivity index (χ2n) is 10.6. The predicted molar refractivity (Wildman–Crippen MR) is 148 cm³/mol. The van der Waals surface area contributed by atoms with Gasteiger partial charge in [0.2, 0.25) is 0 Å². The fourth-order valence-corrected chi connectivity index (χ4v) is 5.18. The van der Waals surface area contributed by atoms with E-state index in [1.807, 2.05) is 45.0 Å². The van der Waals surface area contributed by atoms with Crippen LogP contribution in [0.15, 0.2) is 72.9 Å². The summed E-state index contributed by atoms with van der Waals surface area (Å²) in [7, 11) is 0. The van der Waals surface area contributed by atoms with Gasteiger partial charge >= 0.3 is 6.09 Å². The van der Waals surface area contributed by atoms with Gasteiger partial charge in [0.1, 0.15) is 11.4 Å². The molecule has 2 aromatic heterocycles. The molecule has 1 fully saturated rings. The van der Waals surface area contributed by atoms with Gasteiger partial charge in [0.15, 0.2) is 0 Å². The van der Waals surface area contributed by atoms with Gasteiger partial charge in [-0.3, -0.25) is 0 Å². The number of pyridine rings is 2. The molecule has 2 aromatic carbocycles. The number of alkyl carbamates (subject to hydrolysis) is 1. The average Bonchev–Trinajstić information content (AvgIpc) is 3.36. The first-order valence-corrected chi connectivity index (χ1v) is 12.7. The maximum atomic E-state index is 12.7. The number of benzene rings is 2. The number of ether oxygens (including phenoxy) is 1. The molecule has 37 heavy (non-hydrogen) atoms. The normalized spacial score (nSPS) is 14.9. The maximum absolute atomic E-state index is 12.7. The molecule has 7 nitrogen and oxygen atoms in total. The number of amides is 1. The van der Waals surface area contributed by atoms with Crippen molar-refractivity contribution in [1.82, 2.24) is 15.3 Å². The van der Waals surface area contributed by atoms with Crippen molar-refractivity contribution in [2.45, 2.75) is 57.6 Å². The van der Waals surface area contributed by atoms with Gasteiger partial charge in [0.25, 0.3) is 0 Å². The number of hydrogen-bond acceptors (Lipinski definition) is 6. The summed E-state index contributed by atoms with van der Waals surface area (Å²) in [5.41, 5.74) is 7.53. The molecule has 5 rings (SSSR count). The van der Waals surface area contributed by atoms with Crippen LogP contribution in [0.25, 0.3) is 33.3 Å². The molecule has 0 unspecified atom stereocenters. The van der Waals surface area contributed by atoms with E-state index in [-0.39, 0.29) is 6.09 Å². The van der Waals surface area contributed by atoms with E-state index in [1.165, 1.54) is 0 Å². The van der Waals surface area contributed by atoms with Crippen molar-refractivity contribution in [3.63, 3.8) is 0 Å². The first-order chi connectivity index (χ1) is 17.8. The first-order valence-electron chi connectivity index (χ1n) is 12.7. The topological polar surface area (TPSA) is 102 Å². The number of hydrogen-bond donors (Lipinski definition) is 3. The lowest BCUT2D eigenvalue weighted by Crippen LogP contribution is -2.46. The van der Waals surface area contributed by atoms with E-state index in [2.05, 4.69) is 58.2 Å². The van der Waals surface area contributed by atoms with Gasteiger partial charge in [-0.15, -0.1) is 0 Å². The minimum Gasteiger partial charge on any atom is -0.444 e. The molecule has 0 spiro atoms. The third-order valence-corrected chi connectivity index (χ3v) is 6.87. The number of carbonyl (C=O) groups is 1. The standard InChI is InChI=1S/C30H33N5O2/c1-29(2,3)37-28(36)34-30(16-7-8-17-30)22-13-11-21(12-14-22)26-23(20-9-5-4-6-10-20)19-24-25(33-26)15-18-32-27(24)35-31/h4-6,9-15,18-19H,7-8,16-17,31H2,1-3H3,(H,32,35)(H,34,36). The highest BCUT2D eigenvalue weighted by molar-refractivity contribution is 5.96. The van der Waals surface area contributed by atoms with Crippen molar-refractivity contribution in [3.8, 4) is 22.4 Å². The summed E-state index contributed by atoms with van der Waals surface area (Å²) < 4.78 is 5.58. The Balaban J connectivity index is 1.56. The Labute approximate surface area is 217 Å². The van der Waals surface area contributed by atoms with Gasteiger partial charge < -0.3 is 15.5 Å². The number of carbonyl (C=O) groups excluding carboxylic acids is 1. The second kappa shape index (κ2) is 9.82. The van der Waals surface area contributed by atoms with Crippen LogP contribution in [0.1, 0.15) is 52.0 Å². The molecule has 0 saturated heterocycles. The third kappa shape index (κ3) is 5.13. The fourth-order valence-electron chi connectivity index (χ4n) is 5.18. The Morgan fingerprint density at radius 3 is 2.32 bits per heavy atom. The van der Waals surface area contributed by atoms with Crippen LogP contribution in [0.5, 0.6) is 0 Å². The quantitative estimate of drug-likeness (QED) is 0.214. The van der Waals surface area contributed by atoms with E-state index < -0.39 is 11.1 Å². The van der Waals surface area contributed by atoms with Gasteiger partial charge in [-0.25, -0.2) is 20.6 Å². The SMILES string of the molecule is CC(C)(C)OC(=O)NC1(c2ccc(-c3nc4ccnc(NN)c4cc3-c3ccccc3)cc2)CCCC1. The lowest BCUT2D eigenvalue weighted by atomic mass is 9.87. The molecule has 1 saturated carbocycles.